The molecule has 0 saturated carbocycles. The predicted octanol–water partition coefficient (Wildman–Crippen LogP) is 3.06. The number of hydrogen-bond acceptors (Lipinski definition) is 3. The van der Waals surface area contributed by atoms with Crippen molar-refractivity contribution in [1.82, 2.24) is 4.98 Å². The highest BCUT2D eigenvalue weighted by Gasteiger charge is 2.06. The Balaban J connectivity index is 1.91. The number of halogens is 1. The molecule has 0 aliphatic carbocycles. The molecule has 0 aliphatic heterocycles. The van der Waals surface area contributed by atoms with Gasteiger partial charge < -0.3 is 10.1 Å². The maximum atomic E-state index is 11.7. The van der Waals surface area contributed by atoms with Crippen molar-refractivity contribution in [3.8, 4) is 5.88 Å². The third-order valence-corrected chi connectivity index (χ3v) is 2.69. The summed E-state index contributed by atoms with van der Waals surface area (Å²) in [6, 6.07) is 10.5. The molecule has 0 fully saturated rings. The molecule has 1 N–H and O–H groups in total. The highest BCUT2D eigenvalue weighted by Crippen LogP contribution is 2.19. The predicted molar refractivity (Wildman–Crippen MR) is 74.6 cm³/mol. The van der Waals surface area contributed by atoms with Gasteiger partial charge in [0.25, 0.3) is 5.91 Å². The quantitative estimate of drug-likeness (QED) is 0.934. The fourth-order valence-electron chi connectivity index (χ4n) is 1.53. The van der Waals surface area contributed by atoms with E-state index in [1.165, 1.54) is 0 Å². The van der Waals surface area contributed by atoms with Crippen molar-refractivity contribution >= 4 is 23.2 Å². The van der Waals surface area contributed by atoms with Crippen molar-refractivity contribution in [2.75, 3.05) is 11.9 Å². The van der Waals surface area contributed by atoms with Gasteiger partial charge in [0.15, 0.2) is 6.61 Å². The summed E-state index contributed by atoms with van der Waals surface area (Å²) in [6.45, 7) is 1.79. The smallest absolute Gasteiger partial charge is 0.262 e. The lowest BCUT2D eigenvalue weighted by Crippen LogP contribution is -2.20. The van der Waals surface area contributed by atoms with Crippen molar-refractivity contribution in [3.63, 3.8) is 0 Å². The van der Waals surface area contributed by atoms with Gasteiger partial charge in [-0.2, -0.15) is 0 Å². The molecule has 1 heterocycles. The summed E-state index contributed by atoms with van der Waals surface area (Å²) in [4.78, 5) is 15.7. The van der Waals surface area contributed by atoms with Crippen LogP contribution in [0.15, 0.2) is 42.6 Å². The van der Waals surface area contributed by atoms with Crippen LogP contribution in [-0.2, 0) is 4.79 Å². The molecule has 1 amide bonds. The highest BCUT2D eigenvalue weighted by molar-refractivity contribution is 6.30. The van der Waals surface area contributed by atoms with Crippen LogP contribution in [0.5, 0.6) is 5.88 Å². The Morgan fingerprint density at radius 2 is 2.21 bits per heavy atom. The summed E-state index contributed by atoms with van der Waals surface area (Å²) in [5.74, 6) is 0.182. The van der Waals surface area contributed by atoms with E-state index in [1.807, 2.05) is 6.92 Å². The van der Waals surface area contributed by atoms with Gasteiger partial charge in [-0.15, -0.1) is 0 Å². The Hall–Kier alpha value is -2.07. The minimum atomic E-state index is -0.240. The topological polar surface area (TPSA) is 51.2 Å². The second kappa shape index (κ2) is 6.20. The van der Waals surface area contributed by atoms with Crippen LogP contribution in [0.4, 0.5) is 5.69 Å². The van der Waals surface area contributed by atoms with Gasteiger partial charge >= 0.3 is 0 Å². The second-order valence-electron chi connectivity index (χ2n) is 3.96. The summed E-state index contributed by atoms with van der Waals surface area (Å²) < 4.78 is 5.25. The number of hydrogen-bond donors (Lipinski definition) is 1. The highest BCUT2D eigenvalue weighted by atomic mass is 35.5. The fourth-order valence-corrected chi connectivity index (χ4v) is 1.75. The lowest BCUT2D eigenvalue weighted by molar-refractivity contribution is -0.118. The van der Waals surface area contributed by atoms with Crippen molar-refractivity contribution in [2.45, 2.75) is 6.92 Å². The third-order valence-electron chi connectivity index (χ3n) is 2.45. The number of aromatic nitrogens is 1. The van der Waals surface area contributed by atoms with Crippen molar-refractivity contribution in [2.24, 2.45) is 0 Å². The SMILES string of the molecule is Cc1cc(Cl)ccc1NC(=O)COc1ccccn1. The number of carbonyl (C=O) groups is 1. The first-order valence-corrected chi connectivity index (χ1v) is 6.13. The first kappa shape index (κ1) is 13.4. The standard InChI is InChI=1S/C14H13ClN2O2/c1-10-8-11(15)5-6-12(10)17-13(18)9-19-14-4-2-3-7-16-14/h2-8H,9H2,1H3,(H,17,18). The summed E-state index contributed by atoms with van der Waals surface area (Å²) in [5.41, 5.74) is 1.62. The number of nitrogens with one attached hydrogen (secondary N) is 1. The largest absolute Gasteiger partial charge is 0.468 e. The van der Waals surface area contributed by atoms with Gasteiger partial charge in [0.05, 0.1) is 0 Å². The lowest BCUT2D eigenvalue weighted by Gasteiger charge is -2.09. The Labute approximate surface area is 116 Å². The molecule has 0 bridgehead atoms. The molecule has 2 rings (SSSR count). The van der Waals surface area contributed by atoms with Crippen molar-refractivity contribution < 1.29 is 9.53 Å². The van der Waals surface area contributed by atoms with Crippen LogP contribution in [0.3, 0.4) is 0 Å². The molecule has 0 spiro atoms. The van der Waals surface area contributed by atoms with Gasteiger partial charge in [-0.1, -0.05) is 17.7 Å². The second-order valence-corrected chi connectivity index (χ2v) is 4.40. The van der Waals surface area contributed by atoms with Gasteiger partial charge in [0.2, 0.25) is 5.88 Å². The first-order chi connectivity index (χ1) is 9.15. The van der Waals surface area contributed by atoms with E-state index in [4.69, 9.17) is 16.3 Å². The van der Waals surface area contributed by atoms with Crippen LogP contribution in [-0.4, -0.2) is 17.5 Å². The molecule has 1 aromatic heterocycles. The molecule has 2 aromatic rings. The van der Waals surface area contributed by atoms with Crippen molar-refractivity contribution in [1.29, 1.82) is 0 Å². The zero-order chi connectivity index (χ0) is 13.7. The van der Waals surface area contributed by atoms with E-state index < -0.39 is 0 Å². The van der Waals surface area contributed by atoms with Crippen LogP contribution >= 0.6 is 11.6 Å². The number of anilines is 1. The number of rotatable bonds is 4. The third kappa shape index (κ3) is 3.96. The summed E-state index contributed by atoms with van der Waals surface area (Å²) in [7, 11) is 0. The van der Waals surface area contributed by atoms with E-state index in [9.17, 15) is 4.79 Å². The Morgan fingerprint density at radius 1 is 1.37 bits per heavy atom. The molecule has 98 valence electrons. The number of amides is 1. The fraction of sp³-hybridized carbons (Fsp3) is 0.143. The van der Waals surface area contributed by atoms with E-state index in [0.29, 0.717) is 10.9 Å². The van der Waals surface area contributed by atoms with E-state index >= 15 is 0 Å². The van der Waals surface area contributed by atoms with Gasteiger partial charge in [-0.25, -0.2) is 4.98 Å². The lowest BCUT2D eigenvalue weighted by atomic mass is 10.2. The van der Waals surface area contributed by atoms with Crippen LogP contribution < -0.4 is 10.1 Å². The average Bonchev–Trinajstić information content (AvgIpc) is 2.41. The van der Waals surface area contributed by atoms with Crippen LogP contribution in [0, 0.1) is 6.92 Å². The van der Waals surface area contributed by atoms with Gasteiger partial charge in [0, 0.05) is 23.0 Å². The average molecular weight is 277 g/mol. The van der Waals surface area contributed by atoms with Gasteiger partial charge in [-0.3, -0.25) is 4.79 Å². The molecule has 5 heteroatoms. The number of benzene rings is 1. The molecule has 0 saturated heterocycles. The molecular weight excluding hydrogens is 264 g/mol. The van der Waals surface area contributed by atoms with Crippen LogP contribution in [0.1, 0.15) is 5.56 Å². The molecule has 0 radical (unpaired) electrons. The zero-order valence-electron chi connectivity index (χ0n) is 10.4. The Kier molecular flexibility index (Phi) is 4.36. The monoisotopic (exact) mass is 276 g/mol. The Morgan fingerprint density at radius 3 is 2.89 bits per heavy atom. The summed E-state index contributed by atoms with van der Waals surface area (Å²) in [6.07, 6.45) is 1.61. The van der Waals surface area contributed by atoms with E-state index in [2.05, 4.69) is 10.3 Å². The van der Waals surface area contributed by atoms with Crippen LogP contribution in [0.25, 0.3) is 0 Å². The molecule has 0 unspecified atom stereocenters. The minimum absolute atomic E-state index is 0.0842. The van der Waals surface area contributed by atoms with Gasteiger partial charge in [-0.05, 0) is 36.8 Å². The molecule has 0 atom stereocenters. The van der Waals surface area contributed by atoms with Crippen molar-refractivity contribution in [3.05, 3.63) is 53.2 Å². The van der Waals surface area contributed by atoms with Crippen LogP contribution in [0.2, 0.25) is 5.02 Å². The summed E-state index contributed by atoms with van der Waals surface area (Å²) in [5, 5.41) is 3.40. The number of pyridine rings is 1. The maximum absolute atomic E-state index is 11.7. The molecule has 1 aromatic carbocycles. The Bertz CT molecular complexity index is 573. The summed E-state index contributed by atoms with van der Waals surface area (Å²) >= 11 is 5.85. The number of aryl methyl sites for hydroxylation is 1. The normalized spacial score (nSPS) is 10.0. The first-order valence-electron chi connectivity index (χ1n) is 5.75. The van der Waals surface area contributed by atoms with E-state index in [1.54, 1.807) is 42.6 Å². The molecule has 4 nitrogen and oxygen atoms in total. The molecule has 19 heavy (non-hydrogen) atoms. The number of ether oxygens (including phenoxy) is 1. The molecular formula is C14H13ClN2O2. The minimum Gasteiger partial charge on any atom is -0.468 e. The number of nitrogens with zero attached hydrogens (tertiary/aromatic N) is 1. The van der Waals surface area contributed by atoms with E-state index in [-0.39, 0.29) is 12.5 Å². The van der Waals surface area contributed by atoms with E-state index in [0.717, 1.165) is 11.3 Å². The number of carbonyl (C=O) groups excluding carboxylic acids is 1. The zero-order valence-corrected chi connectivity index (χ0v) is 11.1. The molecule has 0 aliphatic rings. The van der Waals surface area contributed by atoms with Gasteiger partial charge in [0.1, 0.15) is 0 Å². The maximum Gasteiger partial charge on any atom is 0.262 e.